The van der Waals surface area contributed by atoms with Crippen LogP contribution in [0.2, 0.25) is 0 Å². The van der Waals surface area contributed by atoms with E-state index in [1.54, 1.807) is 14.2 Å². The molecule has 1 N–H and O–H groups in total. The van der Waals surface area contributed by atoms with Crippen LogP contribution in [0, 0.1) is 0 Å². The molecule has 0 aliphatic carbocycles. The molecule has 0 aliphatic heterocycles. The van der Waals surface area contributed by atoms with Crippen LogP contribution in [-0.2, 0) is 0 Å². The number of nitrogens with zero attached hydrogens (tertiary/aromatic N) is 1. The average molecular weight is 373 g/mol. The highest BCUT2D eigenvalue weighted by Crippen LogP contribution is 2.35. The van der Waals surface area contributed by atoms with Crippen molar-refractivity contribution in [2.45, 2.75) is 0 Å². The van der Waals surface area contributed by atoms with Gasteiger partial charge in [-0.25, -0.2) is 4.99 Å². The summed E-state index contributed by atoms with van der Waals surface area (Å²) in [7, 11) is 3.24. The van der Waals surface area contributed by atoms with E-state index in [4.69, 9.17) is 18.9 Å². The van der Waals surface area contributed by atoms with Crippen LogP contribution in [0.3, 0.4) is 0 Å². The predicted octanol–water partition coefficient (Wildman–Crippen LogP) is 5.32. The molecule has 0 unspecified atom stereocenters. The third kappa shape index (κ3) is 3.30. The average Bonchev–Trinajstić information content (AvgIpc) is 3.09. The van der Waals surface area contributed by atoms with Crippen LogP contribution >= 0.6 is 0 Å². The van der Waals surface area contributed by atoms with Gasteiger partial charge in [0.15, 0.2) is 11.5 Å². The fraction of sp³-hybridized carbons (Fsp3) is 0.0870. The molecule has 0 saturated carbocycles. The topological polar surface area (TPSA) is 64.2 Å². The zero-order chi connectivity index (χ0) is 19.5. The summed E-state index contributed by atoms with van der Waals surface area (Å²) < 4.78 is 16.4. The van der Waals surface area contributed by atoms with Crippen molar-refractivity contribution >= 4 is 22.4 Å². The first-order valence-electron chi connectivity index (χ1n) is 8.77. The number of hydrogen-bond donors (Lipinski definition) is 1. The van der Waals surface area contributed by atoms with Crippen molar-refractivity contribution in [3.63, 3.8) is 0 Å². The summed E-state index contributed by atoms with van der Waals surface area (Å²) in [5.41, 5.74) is 2.64. The number of para-hydroxylation sites is 1. The van der Waals surface area contributed by atoms with Crippen LogP contribution in [0.15, 0.2) is 82.2 Å². The van der Waals surface area contributed by atoms with Crippen LogP contribution in [-0.4, -0.2) is 25.0 Å². The standard InChI is InChI=1S/C23H19NO4/c1-26-17-11-7-15(8-12-17)21(24-16-9-13-18(27-2)14-10-16)23-22(25)19-5-3-4-6-20(19)28-23/h3-14,25H,1-2H3. The number of hydrogen-bond acceptors (Lipinski definition) is 5. The molecule has 0 atom stereocenters. The van der Waals surface area contributed by atoms with E-state index in [9.17, 15) is 5.11 Å². The van der Waals surface area contributed by atoms with Gasteiger partial charge in [-0.3, -0.25) is 0 Å². The van der Waals surface area contributed by atoms with E-state index in [0.717, 1.165) is 17.1 Å². The minimum Gasteiger partial charge on any atom is -0.504 e. The van der Waals surface area contributed by atoms with E-state index < -0.39 is 0 Å². The van der Waals surface area contributed by atoms with Crippen molar-refractivity contribution in [1.29, 1.82) is 0 Å². The van der Waals surface area contributed by atoms with Crippen LogP contribution in [0.1, 0.15) is 11.3 Å². The smallest absolute Gasteiger partial charge is 0.196 e. The van der Waals surface area contributed by atoms with Gasteiger partial charge in [0.1, 0.15) is 22.8 Å². The summed E-state index contributed by atoms with van der Waals surface area (Å²) in [4.78, 5) is 4.75. The van der Waals surface area contributed by atoms with E-state index in [1.165, 1.54) is 0 Å². The molecule has 28 heavy (non-hydrogen) atoms. The third-order valence-corrected chi connectivity index (χ3v) is 4.46. The Morgan fingerprint density at radius 2 is 1.43 bits per heavy atom. The monoisotopic (exact) mass is 373 g/mol. The Morgan fingerprint density at radius 3 is 2.04 bits per heavy atom. The van der Waals surface area contributed by atoms with E-state index in [2.05, 4.69) is 0 Å². The number of rotatable bonds is 5. The molecule has 5 heteroatoms. The van der Waals surface area contributed by atoms with Crippen molar-refractivity contribution in [2.75, 3.05) is 14.2 Å². The summed E-state index contributed by atoms with van der Waals surface area (Å²) >= 11 is 0. The van der Waals surface area contributed by atoms with Gasteiger partial charge in [-0.2, -0.15) is 0 Å². The molecule has 0 saturated heterocycles. The maximum absolute atomic E-state index is 10.8. The number of furan rings is 1. The molecule has 5 nitrogen and oxygen atoms in total. The van der Waals surface area contributed by atoms with E-state index >= 15 is 0 Å². The fourth-order valence-corrected chi connectivity index (χ4v) is 2.97. The van der Waals surface area contributed by atoms with Crippen molar-refractivity contribution in [3.8, 4) is 17.2 Å². The first-order chi connectivity index (χ1) is 13.7. The molecule has 1 heterocycles. The zero-order valence-electron chi connectivity index (χ0n) is 15.5. The molecular formula is C23H19NO4. The van der Waals surface area contributed by atoms with E-state index in [-0.39, 0.29) is 5.75 Å². The van der Waals surface area contributed by atoms with Gasteiger partial charge in [0.25, 0.3) is 0 Å². The van der Waals surface area contributed by atoms with Gasteiger partial charge in [0, 0.05) is 5.56 Å². The van der Waals surface area contributed by atoms with Gasteiger partial charge in [-0.15, -0.1) is 0 Å². The van der Waals surface area contributed by atoms with Gasteiger partial charge in [-0.05, 0) is 60.7 Å². The Bertz CT molecular complexity index is 1130. The summed E-state index contributed by atoms with van der Waals surface area (Å²) in [6.45, 7) is 0. The minimum absolute atomic E-state index is 0.0682. The Labute approximate surface area is 162 Å². The molecule has 3 aromatic carbocycles. The first-order valence-corrected chi connectivity index (χ1v) is 8.77. The highest BCUT2D eigenvalue weighted by Gasteiger charge is 2.20. The highest BCUT2D eigenvalue weighted by atomic mass is 16.5. The highest BCUT2D eigenvalue weighted by molar-refractivity contribution is 6.16. The molecule has 4 aromatic rings. The molecule has 0 fully saturated rings. The maximum atomic E-state index is 10.8. The molecular weight excluding hydrogens is 354 g/mol. The van der Waals surface area contributed by atoms with Crippen molar-refractivity contribution in [3.05, 3.63) is 84.1 Å². The summed E-state index contributed by atoms with van der Waals surface area (Å²) in [6, 6.07) is 22.2. The molecule has 0 bridgehead atoms. The number of ether oxygens (including phenoxy) is 2. The van der Waals surface area contributed by atoms with Gasteiger partial charge >= 0.3 is 0 Å². The number of benzene rings is 3. The van der Waals surface area contributed by atoms with E-state index in [1.807, 2.05) is 72.8 Å². The molecule has 140 valence electrons. The lowest BCUT2D eigenvalue weighted by atomic mass is 10.1. The largest absolute Gasteiger partial charge is 0.504 e. The SMILES string of the molecule is COc1ccc(N=C(c2ccc(OC)cc2)c2oc3ccccc3c2O)cc1. The predicted molar refractivity (Wildman–Crippen MR) is 109 cm³/mol. The molecule has 1 aromatic heterocycles. The lowest BCUT2D eigenvalue weighted by Crippen LogP contribution is -2.02. The molecule has 0 aliphatic rings. The Balaban J connectivity index is 1.88. The number of fused-ring (bicyclic) bond motifs is 1. The van der Waals surface area contributed by atoms with Crippen LogP contribution in [0.25, 0.3) is 11.0 Å². The lowest BCUT2D eigenvalue weighted by Gasteiger charge is -2.07. The molecule has 0 amide bonds. The quantitative estimate of drug-likeness (QED) is 0.481. The van der Waals surface area contributed by atoms with Gasteiger partial charge in [0.2, 0.25) is 0 Å². The normalized spacial score (nSPS) is 11.6. The van der Waals surface area contributed by atoms with Gasteiger partial charge < -0.3 is 19.0 Å². The summed E-state index contributed by atoms with van der Waals surface area (Å²) in [6.07, 6.45) is 0. The van der Waals surface area contributed by atoms with Crippen LogP contribution in [0.5, 0.6) is 17.2 Å². The first kappa shape index (κ1) is 17.7. The number of aliphatic imine (C=N–C) groups is 1. The van der Waals surface area contributed by atoms with Gasteiger partial charge in [0.05, 0.1) is 25.3 Å². The lowest BCUT2D eigenvalue weighted by molar-refractivity contribution is 0.414. The second-order valence-electron chi connectivity index (χ2n) is 6.16. The third-order valence-electron chi connectivity index (χ3n) is 4.46. The fourth-order valence-electron chi connectivity index (χ4n) is 2.97. The summed E-state index contributed by atoms with van der Waals surface area (Å²) in [5.74, 6) is 1.87. The van der Waals surface area contributed by atoms with Gasteiger partial charge in [-0.1, -0.05) is 12.1 Å². The van der Waals surface area contributed by atoms with Crippen molar-refractivity contribution < 1.29 is 19.0 Å². The van der Waals surface area contributed by atoms with E-state index in [0.29, 0.717) is 28.1 Å². The number of aromatic hydroxyl groups is 1. The molecule has 0 radical (unpaired) electrons. The maximum Gasteiger partial charge on any atom is 0.196 e. The van der Waals surface area contributed by atoms with Crippen LogP contribution < -0.4 is 9.47 Å². The minimum atomic E-state index is 0.0682. The second kappa shape index (κ2) is 7.48. The molecule has 4 rings (SSSR count). The molecule has 0 spiro atoms. The second-order valence-corrected chi connectivity index (χ2v) is 6.16. The Kier molecular flexibility index (Phi) is 4.72. The summed E-state index contributed by atoms with van der Waals surface area (Å²) in [5, 5.41) is 11.4. The number of methoxy groups -OCH3 is 2. The van der Waals surface area contributed by atoms with Crippen molar-refractivity contribution in [1.82, 2.24) is 0 Å². The van der Waals surface area contributed by atoms with Crippen LogP contribution in [0.4, 0.5) is 5.69 Å². The van der Waals surface area contributed by atoms with Crippen molar-refractivity contribution in [2.24, 2.45) is 4.99 Å². The Morgan fingerprint density at radius 1 is 0.821 bits per heavy atom. The zero-order valence-corrected chi connectivity index (χ0v) is 15.5. The Hall–Kier alpha value is -3.73.